The Balaban J connectivity index is 2.32. The molecule has 0 spiro atoms. The van der Waals surface area contributed by atoms with Gasteiger partial charge in [0.05, 0.1) is 23.0 Å². The number of nitrogen functional groups attached to an aromatic ring is 1. The zero-order chi connectivity index (χ0) is 22.5. The van der Waals surface area contributed by atoms with E-state index in [1.807, 2.05) is 6.92 Å². The standard InChI is InChI=1S/C22H24ClFN6O/c1-3-28-20-13-6-19(22(27)30-10-13)31-12(2)17-7-15(24)4-5-16(17)21(18(23)9-26)29-11-14(20)8-25/h4-10,12H,3,11,25-26H2,1-2H3,(H2,27,30)/t12-/m1/s1. The fourth-order valence-corrected chi connectivity index (χ4v) is 3.46. The van der Waals surface area contributed by atoms with Gasteiger partial charge in [0.15, 0.2) is 11.6 Å². The molecule has 0 fully saturated rings. The second kappa shape index (κ2) is 9.61. The van der Waals surface area contributed by atoms with Crippen LogP contribution in [0.4, 0.5) is 10.2 Å². The number of fused-ring (bicyclic) bond motifs is 3. The van der Waals surface area contributed by atoms with E-state index in [1.54, 1.807) is 25.3 Å². The van der Waals surface area contributed by atoms with Crippen LogP contribution in [0.2, 0.25) is 0 Å². The van der Waals surface area contributed by atoms with Crippen molar-refractivity contribution in [2.24, 2.45) is 21.5 Å². The van der Waals surface area contributed by atoms with Crippen molar-refractivity contribution in [2.75, 3.05) is 18.8 Å². The van der Waals surface area contributed by atoms with Crippen molar-refractivity contribution in [1.29, 1.82) is 0 Å². The number of benzene rings is 1. The van der Waals surface area contributed by atoms with Gasteiger partial charge in [0, 0.05) is 47.4 Å². The molecule has 2 bridgehead atoms. The van der Waals surface area contributed by atoms with Crippen LogP contribution in [0.25, 0.3) is 0 Å². The first-order valence-corrected chi connectivity index (χ1v) is 10.1. The van der Waals surface area contributed by atoms with E-state index in [-0.39, 0.29) is 17.4 Å². The minimum atomic E-state index is -0.590. The van der Waals surface area contributed by atoms with Crippen LogP contribution in [0.3, 0.4) is 0 Å². The summed E-state index contributed by atoms with van der Waals surface area (Å²) in [6, 6.07) is 6.04. The average Bonchev–Trinajstić information content (AvgIpc) is 2.76. The van der Waals surface area contributed by atoms with Gasteiger partial charge in [-0.1, -0.05) is 11.6 Å². The summed E-state index contributed by atoms with van der Waals surface area (Å²) in [4.78, 5) is 13.5. The van der Waals surface area contributed by atoms with E-state index in [4.69, 9.17) is 33.5 Å². The van der Waals surface area contributed by atoms with Crippen molar-refractivity contribution >= 4 is 28.8 Å². The molecule has 0 saturated carbocycles. The predicted molar refractivity (Wildman–Crippen MR) is 123 cm³/mol. The van der Waals surface area contributed by atoms with Crippen LogP contribution in [0.1, 0.15) is 36.6 Å². The number of hydrogen-bond acceptors (Lipinski definition) is 7. The monoisotopic (exact) mass is 442 g/mol. The highest BCUT2D eigenvalue weighted by atomic mass is 35.5. The second-order valence-corrected chi connectivity index (χ2v) is 7.20. The summed E-state index contributed by atoms with van der Waals surface area (Å²) in [6.45, 7) is 4.38. The number of pyridine rings is 1. The van der Waals surface area contributed by atoms with Crippen LogP contribution in [0, 0.1) is 5.82 Å². The smallest absolute Gasteiger partial charge is 0.166 e. The first-order chi connectivity index (χ1) is 14.9. The zero-order valence-corrected chi connectivity index (χ0v) is 18.0. The SMILES string of the molecule is CCN=C1C(=CN)CN=C(C(Cl)=CN)c2ccc(F)cc2[C@@H](C)Oc2cc1cnc2N. The molecule has 1 aromatic heterocycles. The Bertz CT molecular complexity index is 1110. The molecule has 7 nitrogen and oxygen atoms in total. The largest absolute Gasteiger partial charge is 0.482 e. The van der Waals surface area contributed by atoms with Gasteiger partial charge in [-0.2, -0.15) is 0 Å². The highest BCUT2D eigenvalue weighted by Gasteiger charge is 2.22. The van der Waals surface area contributed by atoms with Crippen molar-refractivity contribution < 1.29 is 9.13 Å². The van der Waals surface area contributed by atoms with Crippen LogP contribution in [-0.2, 0) is 0 Å². The summed E-state index contributed by atoms with van der Waals surface area (Å²) in [5, 5.41) is 0.210. The lowest BCUT2D eigenvalue weighted by Crippen LogP contribution is -2.18. The summed E-state index contributed by atoms with van der Waals surface area (Å²) in [7, 11) is 0. The molecule has 6 N–H and O–H groups in total. The van der Waals surface area contributed by atoms with E-state index in [2.05, 4.69) is 15.0 Å². The van der Waals surface area contributed by atoms with E-state index in [0.717, 1.165) is 0 Å². The summed E-state index contributed by atoms with van der Waals surface area (Å²) < 4.78 is 20.2. The number of halogens is 2. The maximum absolute atomic E-state index is 14.1. The van der Waals surface area contributed by atoms with Crippen molar-refractivity contribution in [1.82, 2.24) is 4.98 Å². The molecule has 1 aromatic carbocycles. The molecule has 162 valence electrons. The number of anilines is 1. The van der Waals surface area contributed by atoms with Crippen LogP contribution in [0.15, 0.2) is 63.5 Å². The van der Waals surface area contributed by atoms with E-state index in [0.29, 0.717) is 46.0 Å². The number of nitrogens with two attached hydrogens (primary N) is 3. The number of rotatable bonds is 2. The highest BCUT2D eigenvalue weighted by Crippen LogP contribution is 2.31. The topological polar surface area (TPSA) is 125 Å². The van der Waals surface area contributed by atoms with Gasteiger partial charge < -0.3 is 21.9 Å². The van der Waals surface area contributed by atoms with Crippen LogP contribution in [0.5, 0.6) is 5.75 Å². The minimum Gasteiger partial charge on any atom is -0.482 e. The first-order valence-electron chi connectivity index (χ1n) is 9.69. The number of aliphatic imine (C=N–C) groups is 2. The molecule has 0 unspecified atom stereocenters. The van der Waals surface area contributed by atoms with Crippen LogP contribution >= 0.6 is 11.6 Å². The van der Waals surface area contributed by atoms with E-state index >= 15 is 0 Å². The Morgan fingerprint density at radius 3 is 2.81 bits per heavy atom. The van der Waals surface area contributed by atoms with Crippen LogP contribution < -0.4 is 21.9 Å². The van der Waals surface area contributed by atoms with Gasteiger partial charge in [0.2, 0.25) is 0 Å². The van der Waals surface area contributed by atoms with Crippen molar-refractivity contribution in [3.8, 4) is 5.75 Å². The molecule has 0 radical (unpaired) electrons. The molecule has 1 atom stereocenters. The molecule has 2 heterocycles. The van der Waals surface area contributed by atoms with Gasteiger partial charge in [0.25, 0.3) is 0 Å². The molecular weight excluding hydrogens is 419 g/mol. The number of allylic oxidation sites excluding steroid dienone is 1. The molecule has 0 amide bonds. The number of nitrogens with zero attached hydrogens (tertiary/aromatic N) is 3. The summed E-state index contributed by atoms with van der Waals surface area (Å²) in [5.41, 5.74) is 21.1. The van der Waals surface area contributed by atoms with E-state index in [9.17, 15) is 4.39 Å². The summed E-state index contributed by atoms with van der Waals surface area (Å²) in [5.74, 6) is 0.127. The zero-order valence-electron chi connectivity index (χ0n) is 17.3. The van der Waals surface area contributed by atoms with Gasteiger partial charge in [-0.3, -0.25) is 9.98 Å². The lowest BCUT2D eigenvalue weighted by molar-refractivity contribution is 0.227. The fraction of sp³-hybridized carbons (Fsp3) is 0.227. The lowest BCUT2D eigenvalue weighted by atomic mass is 9.97. The molecule has 31 heavy (non-hydrogen) atoms. The number of hydrogen-bond donors (Lipinski definition) is 3. The normalized spacial score (nSPS) is 19.8. The fourth-order valence-electron chi connectivity index (χ4n) is 3.29. The Morgan fingerprint density at radius 2 is 2.13 bits per heavy atom. The summed E-state index contributed by atoms with van der Waals surface area (Å²) >= 11 is 6.39. The van der Waals surface area contributed by atoms with Crippen LogP contribution in [-0.4, -0.2) is 29.5 Å². The minimum absolute atomic E-state index is 0.167. The Morgan fingerprint density at radius 1 is 1.35 bits per heavy atom. The molecule has 0 aliphatic carbocycles. The average molecular weight is 443 g/mol. The van der Waals surface area contributed by atoms with Gasteiger partial charge in [-0.15, -0.1) is 0 Å². The summed E-state index contributed by atoms with van der Waals surface area (Å²) in [6.07, 6.45) is 3.68. The molecule has 1 aliphatic rings. The van der Waals surface area contributed by atoms with Gasteiger partial charge in [-0.05, 0) is 38.1 Å². The van der Waals surface area contributed by atoms with Gasteiger partial charge in [-0.25, -0.2) is 9.37 Å². The molecular formula is C22H24ClFN6O. The maximum Gasteiger partial charge on any atom is 0.166 e. The van der Waals surface area contributed by atoms with Crippen molar-refractivity contribution in [2.45, 2.75) is 20.0 Å². The van der Waals surface area contributed by atoms with Crippen molar-refractivity contribution in [3.05, 3.63) is 76.0 Å². The quantitative estimate of drug-likeness (QED) is 0.656. The van der Waals surface area contributed by atoms with Crippen molar-refractivity contribution in [3.63, 3.8) is 0 Å². The maximum atomic E-state index is 14.1. The predicted octanol–water partition coefficient (Wildman–Crippen LogP) is 3.44. The molecule has 9 heteroatoms. The number of ether oxygens (including phenoxy) is 1. The lowest BCUT2D eigenvalue weighted by Gasteiger charge is -2.22. The molecule has 0 saturated heterocycles. The number of aromatic nitrogens is 1. The Kier molecular flexibility index (Phi) is 6.91. The Hall–Kier alpha value is -3.39. The van der Waals surface area contributed by atoms with E-state index < -0.39 is 11.9 Å². The molecule has 1 aliphatic heterocycles. The third-order valence-electron chi connectivity index (χ3n) is 4.77. The third kappa shape index (κ3) is 4.69. The molecule has 3 rings (SSSR count). The Labute approximate surface area is 185 Å². The third-order valence-corrected chi connectivity index (χ3v) is 5.07. The molecule has 2 aromatic rings. The van der Waals surface area contributed by atoms with Gasteiger partial charge >= 0.3 is 0 Å². The van der Waals surface area contributed by atoms with E-state index in [1.165, 1.54) is 24.5 Å². The van der Waals surface area contributed by atoms with Gasteiger partial charge in [0.1, 0.15) is 11.9 Å². The highest BCUT2D eigenvalue weighted by molar-refractivity contribution is 6.46. The second-order valence-electron chi connectivity index (χ2n) is 6.79. The first kappa shape index (κ1) is 22.3.